The van der Waals surface area contributed by atoms with Gasteiger partial charge in [-0.3, -0.25) is 0 Å². The van der Waals surface area contributed by atoms with Gasteiger partial charge >= 0.3 is 7.12 Å². The van der Waals surface area contributed by atoms with E-state index in [4.69, 9.17) is 14.0 Å². The van der Waals surface area contributed by atoms with Crippen LogP contribution >= 0.6 is 0 Å². The van der Waals surface area contributed by atoms with E-state index in [2.05, 4.69) is 0 Å². The van der Waals surface area contributed by atoms with Gasteiger partial charge < -0.3 is 18.8 Å². The number of hydrogen-bond donors (Lipinski definition) is 0. The summed E-state index contributed by atoms with van der Waals surface area (Å²) in [6.07, 6.45) is 0.766. The molecule has 1 aromatic rings. The van der Waals surface area contributed by atoms with E-state index < -0.39 is 24.1 Å². The minimum Gasteiger partial charge on any atom is -0.399 e. The summed E-state index contributed by atoms with van der Waals surface area (Å²) >= 11 is 0. The van der Waals surface area contributed by atoms with Gasteiger partial charge in [-0.25, -0.2) is 4.39 Å². The Morgan fingerprint density at radius 3 is 2.00 bits per heavy atom. The quantitative estimate of drug-likeness (QED) is 0.619. The van der Waals surface area contributed by atoms with Gasteiger partial charge in [0.05, 0.1) is 16.8 Å². The van der Waals surface area contributed by atoms with E-state index in [1.165, 1.54) is 6.07 Å². The first-order chi connectivity index (χ1) is 11.3. The zero-order valence-electron chi connectivity index (χ0n) is 16.6. The van der Waals surface area contributed by atoms with Crippen LogP contribution in [0.4, 0.5) is 4.39 Å². The van der Waals surface area contributed by atoms with Crippen LogP contribution in [0.15, 0.2) is 18.2 Å². The van der Waals surface area contributed by atoms with Gasteiger partial charge in [0.1, 0.15) is 12.1 Å². The summed E-state index contributed by atoms with van der Waals surface area (Å²) < 4.78 is 30.4. The van der Waals surface area contributed by atoms with Crippen molar-refractivity contribution in [3.05, 3.63) is 29.6 Å². The molecule has 0 unspecified atom stereocenters. The van der Waals surface area contributed by atoms with Crippen molar-refractivity contribution in [1.82, 2.24) is 0 Å². The molecule has 1 saturated heterocycles. The molecular formula is C19H30BFO4. The molecule has 0 atom stereocenters. The number of carbonyl (C=O) groups is 1. The average molecular weight is 352 g/mol. The van der Waals surface area contributed by atoms with E-state index in [1.54, 1.807) is 19.2 Å². The summed E-state index contributed by atoms with van der Waals surface area (Å²) in [5.74, 6) is -0.403. The highest BCUT2D eigenvalue weighted by atomic mass is 19.1. The standard InChI is InChI=1S/C14H18BFO3.C5H12O/c1-13(2)14(3,4)19-15(18-13)11-6-5-10(7-8-17)12(16)9-11;1-5(2,3)6-4/h5-6,8-9H,7H2,1-4H3;1-4H3. The van der Waals surface area contributed by atoms with Gasteiger partial charge in [0.25, 0.3) is 0 Å². The van der Waals surface area contributed by atoms with Crippen LogP contribution in [-0.2, 0) is 25.3 Å². The summed E-state index contributed by atoms with van der Waals surface area (Å²) in [6.45, 7) is 13.9. The lowest BCUT2D eigenvalue weighted by Crippen LogP contribution is -2.41. The van der Waals surface area contributed by atoms with Crippen molar-refractivity contribution in [1.29, 1.82) is 0 Å². The molecule has 0 bridgehead atoms. The minimum absolute atomic E-state index is 0.0417. The van der Waals surface area contributed by atoms with Gasteiger partial charge in [-0.1, -0.05) is 12.1 Å². The molecule has 0 aliphatic carbocycles. The number of methoxy groups -OCH3 is 1. The molecule has 0 N–H and O–H groups in total. The smallest absolute Gasteiger partial charge is 0.399 e. The number of halogens is 1. The third-order valence-electron chi connectivity index (χ3n) is 4.52. The second-order valence-corrected chi connectivity index (χ2v) is 8.13. The highest BCUT2D eigenvalue weighted by Crippen LogP contribution is 2.36. The Balaban J connectivity index is 0.000000450. The van der Waals surface area contributed by atoms with E-state index in [9.17, 15) is 9.18 Å². The molecule has 1 aliphatic rings. The van der Waals surface area contributed by atoms with Crippen molar-refractivity contribution in [3.63, 3.8) is 0 Å². The average Bonchev–Trinajstić information content (AvgIpc) is 2.70. The van der Waals surface area contributed by atoms with Gasteiger partial charge in [0.15, 0.2) is 0 Å². The Morgan fingerprint density at radius 1 is 1.16 bits per heavy atom. The molecule has 0 saturated carbocycles. The van der Waals surface area contributed by atoms with Gasteiger partial charge in [-0.2, -0.15) is 0 Å². The topological polar surface area (TPSA) is 44.8 Å². The maximum atomic E-state index is 13.8. The SMILES string of the molecule is CC1(C)OB(c2ccc(CC=O)c(F)c2)OC1(C)C.COC(C)(C)C. The number of ether oxygens (including phenoxy) is 1. The summed E-state index contributed by atoms with van der Waals surface area (Å²) in [4.78, 5) is 10.4. The molecular weight excluding hydrogens is 322 g/mol. The molecule has 2 rings (SSSR count). The molecule has 0 amide bonds. The maximum absolute atomic E-state index is 13.8. The number of rotatable bonds is 3. The van der Waals surface area contributed by atoms with Crippen LogP contribution in [0, 0.1) is 5.82 Å². The molecule has 25 heavy (non-hydrogen) atoms. The zero-order valence-corrected chi connectivity index (χ0v) is 16.6. The molecule has 4 nitrogen and oxygen atoms in total. The highest BCUT2D eigenvalue weighted by molar-refractivity contribution is 6.62. The molecule has 0 radical (unpaired) electrons. The van der Waals surface area contributed by atoms with Gasteiger partial charge in [-0.15, -0.1) is 0 Å². The second kappa shape index (κ2) is 7.98. The van der Waals surface area contributed by atoms with Crippen LogP contribution in [0.25, 0.3) is 0 Å². The third-order valence-corrected chi connectivity index (χ3v) is 4.52. The van der Waals surface area contributed by atoms with E-state index in [0.29, 0.717) is 17.3 Å². The van der Waals surface area contributed by atoms with Crippen molar-refractivity contribution in [2.45, 2.75) is 71.7 Å². The Labute approximate surface area is 151 Å². The monoisotopic (exact) mass is 352 g/mol. The number of hydrogen-bond acceptors (Lipinski definition) is 4. The molecule has 0 aromatic heterocycles. The lowest BCUT2D eigenvalue weighted by molar-refractivity contribution is -0.107. The van der Waals surface area contributed by atoms with Crippen molar-refractivity contribution < 1.29 is 23.2 Å². The first kappa shape index (κ1) is 21.8. The molecule has 0 spiro atoms. The minimum atomic E-state index is -0.579. The molecule has 140 valence electrons. The molecule has 1 aliphatic heterocycles. The first-order valence-electron chi connectivity index (χ1n) is 8.46. The lowest BCUT2D eigenvalue weighted by atomic mass is 9.78. The summed E-state index contributed by atoms with van der Waals surface area (Å²) in [5, 5.41) is 0. The largest absolute Gasteiger partial charge is 0.494 e. The summed E-state index contributed by atoms with van der Waals surface area (Å²) in [7, 11) is 1.13. The van der Waals surface area contributed by atoms with Crippen LogP contribution < -0.4 is 5.46 Å². The fourth-order valence-corrected chi connectivity index (χ4v) is 1.94. The van der Waals surface area contributed by atoms with Crippen molar-refractivity contribution in [2.75, 3.05) is 7.11 Å². The normalized spacial score (nSPS) is 18.5. The number of benzene rings is 1. The predicted octanol–water partition coefficient (Wildman–Crippen LogP) is 3.30. The van der Waals surface area contributed by atoms with E-state index in [1.807, 2.05) is 48.5 Å². The van der Waals surface area contributed by atoms with Gasteiger partial charge in [0, 0.05) is 13.5 Å². The van der Waals surface area contributed by atoms with Crippen LogP contribution in [-0.4, -0.2) is 37.3 Å². The van der Waals surface area contributed by atoms with Crippen molar-refractivity contribution in [2.24, 2.45) is 0 Å². The third kappa shape index (κ3) is 5.91. The Bertz CT molecular complexity index is 578. The zero-order chi connectivity index (χ0) is 19.5. The van der Waals surface area contributed by atoms with E-state index >= 15 is 0 Å². The molecule has 6 heteroatoms. The fraction of sp³-hybridized carbons (Fsp3) is 0.632. The number of aldehydes is 1. The summed E-state index contributed by atoms with van der Waals surface area (Å²) in [5.41, 5.74) is 0.159. The maximum Gasteiger partial charge on any atom is 0.494 e. The predicted molar refractivity (Wildman–Crippen MR) is 98.6 cm³/mol. The second-order valence-electron chi connectivity index (χ2n) is 8.13. The summed E-state index contributed by atoms with van der Waals surface area (Å²) in [6, 6.07) is 4.72. The molecule has 1 fully saturated rings. The van der Waals surface area contributed by atoms with Crippen LogP contribution in [0.3, 0.4) is 0 Å². The van der Waals surface area contributed by atoms with Gasteiger partial charge in [-0.05, 0) is 65.6 Å². The first-order valence-corrected chi connectivity index (χ1v) is 8.46. The van der Waals surface area contributed by atoms with E-state index in [0.717, 1.165) is 0 Å². The molecule has 1 heterocycles. The van der Waals surface area contributed by atoms with Crippen LogP contribution in [0.5, 0.6) is 0 Å². The van der Waals surface area contributed by atoms with Crippen LogP contribution in [0.2, 0.25) is 0 Å². The highest BCUT2D eigenvalue weighted by Gasteiger charge is 2.51. The Hall–Kier alpha value is -1.24. The molecule has 1 aromatic carbocycles. The van der Waals surface area contributed by atoms with E-state index in [-0.39, 0.29) is 12.0 Å². The van der Waals surface area contributed by atoms with Crippen molar-refractivity contribution in [3.8, 4) is 0 Å². The Morgan fingerprint density at radius 2 is 1.64 bits per heavy atom. The Kier molecular flexibility index (Phi) is 6.96. The fourth-order valence-electron chi connectivity index (χ4n) is 1.94. The lowest BCUT2D eigenvalue weighted by Gasteiger charge is -2.32. The van der Waals surface area contributed by atoms with Gasteiger partial charge in [0.2, 0.25) is 0 Å². The van der Waals surface area contributed by atoms with Crippen LogP contribution in [0.1, 0.15) is 54.0 Å². The number of carbonyl (C=O) groups excluding carboxylic acids is 1. The van der Waals surface area contributed by atoms with Crippen molar-refractivity contribution >= 4 is 18.9 Å².